The SMILES string of the molecule is CN1Cc2cccc(B(O)O)c2C1=O. The number of hydrogen-bond donors (Lipinski definition) is 2. The van der Waals surface area contributed by atoms with Crippen LogP contribution in [0.2, 0.25) is 0 Å². The van der Waals surface area contributed by atoms with E-state index in [2.05, 4.69) is 0 Å². The third-order valence-electron chi connectivity index (χ3n) is 2.43. The molecule has 0 spiro atoms. The third kappa shape index (κ3) is 1.22. The standard InChI is InChI=1S/C9H10BNO3/c1-11-5-6-3-2-4-7(10(13)14)8(6)9(11)12/h2-4,13-14H,5H2,1H3. The Hall–Kier alpha value is -1.33. The molecule has 5 heteroatoms. The zero-order chi connectivity index (χ0) is 10.3. The second-order valence-corrected chi connectivity index (χ2v) is 3.42. The van der Waals surface area contributed by atoms with Gasteiger partial charge in [-0.2, -0.15) is 0 Å². The monoisotopic (exact) mass is 191 g/mol. The van der Waals surface area contributed by atoms with E-state index >= 15 is 0 Å². The quantitative estimate of drug-likeness (QED) is 0.557. The van der Waals surface area contributed by atoms with Gasteiger partial charge >= 0.3 is 7.12 Å². The van der Waals surface area contributed by atoms with Crippen molar-refractivity contribution >= 4 is 18.5 Å². The Morgan fingerprint density at radius 3 is 2.79 bits per heavy atom. The molecule has 0 saturated heterocycles. The van der Waals surface area contributed by atoms with Gasteiger partial charge in [-0.1, -0.05) is 18.2 Å². The van der Waals surface area contributed by atoms with E-state index in [1.54, 1.807) is 24.1 Å². The number of amides is 1. The molecule has 0 aromatic heterocycles. The fraction of sp³-hybridized carbons (Fsp3) is 0.222. The Morgan fingerprint density at radius 1 is 1.43 bits per heavy atom. The van der Waals surface area contributed by atoms with Crippen molar-refractivity contribution in [2.45, 2.75) is 6.54 Å². The summed E-state index contributed by atoms with van der Waals surface area (Å²) >= 11 is 0. The first-order chi connectivity index (χ1) is 6.61. The highest BCUT2D eigenvalue weighted by Crippen LogP contribution is 2.19. The van der Waals surface area contributed by atoms with Gasteiger partial charge in [0.05, 0.1) is 0 Å². The topological polar surface area (TPSA) is 60.8 Å². The molecule has 0 fully saturated rings. The fourth-order valence-electron chi connectivity index (χ4n) is 1.75. The Balaban J connectivity index is 2.58. The van der Waals surface area contributed by atoms with E-state index in [0.717, 1.165) is 5.56 Å². The molecule has 0 unspecified atom stereocenters. The average Bonchev–Trinajstić information content (AvgIpc) is 2.43. The largest absolute Gasteiger partial charge is 0.489 e. The number of fused-ring (bicyclic) bond motifs is 1. The predicted octanol–water partition coefficient (Wildman–Crippen LogP) is -1.05. The lowest BCUT2D eigenvalue weighted by molar-refractivity contribution is 0.0817. The number of benzene rings is 1. The summed E-state index contributed by atoms with van der Waals surface area (Å²) in [7, 11) is 0.107. The second kappa shape index (κ2) is 3.11. The first-order valence-electron chi connectivity index (χ1n) is 4.34. The molecule has 72 valence electrons. The number of rotatable bonds is 1. The van der Waals surface area contributed by atoms with Gasteiger partial charge in [-0.15, -0.1) is 0 Å². The Bertz CT molecular complexity index is 392. The lowest BCUT2D eigenvalue weighted by Crippen LogP contribution is -2.35. The van der Waals surface area contributed by atoms with Crippen LogP contribution in [-0.4, -0.2) is 35.0 Å². The van der Waals surface area contributed by atoms with E-state index in [1.165, 1.54) is 0 Å². The van der Waals surface area contributed by atoms with Crippen LogP contribution in [0.1, 0.15) is 15.9 Å². The summed E-state index contributed by atoms with van der Waals surface area (Å²) in [6.07, 6.45) is 0. The van der Waals surface area contributed by atoms with E-state index in [1.807, 2.05) is 6.07 Å². The first-order valence-corrected chi connectivity index (χ1v) is 4.34. The van der Waals surface area contributed by atoms with Crippen LogP contribution >= 0.6 is 0 Å². The normalized spacial score (nSPS) is 14.5. The zero-order valence-electron chi connectivity index (χ0n) is 7.77. The molecule has 4 nitrogen and oxygen atoms in total. The van der Waals surface area contributed by atoms with Crippen LogP contribution < -0.4 is 5.46 Å². The van der Waals surface area contributed by atoms with Crippen LogP contribution in [0, 0.1) is 0 Å². The highest BCUT2D eigenvalue weighted by Gasteiger charge is 2.30. The number of carbonyl (C=O) groups excluding carboxylic acids is 1. The molecule has 0 atom stereocenters. The van der Waals surface area contributed by atoms with Gasteiger partial charge in [0.2, 0.25) is 0 Å². The van der Waals surface area contributed by atoms with E-state index in [-0.39, 0.29) is 11.4 Å². The lowest BCUT2D eigenvalue weighted by Gasteiger charge is -2.06. The predicted molar refractivity (Wildman–Crippen MR) is 52.1 cm³/mol. The zero-order valence-corrected chi connectivity index (χ0v) is 7.77. The summed E-state index contributed by atoms with van der Waals surface area (Å²) in [6, 6.07) is 5.10. The van der Waals surface area contributed by atoms with Crippen molar-refractivity contribution in [2.24, 2.45) is 0 Å². The maximum Gasteiger partial charge on any atom is 0.489 e. The molecule has 1 aliphatic heterocycles. The van der Waals surface area contributed by atoms with E-state index < -0.39 is 7.12 Å². The van der Waals surface area contributed by atoms with E-state index in [4.69, 9.17) is 10.0 Å². The van der Waals surface area contributed by atoms with Crippen molar-refractivity contribution in [3.63, 3.8) is 0 Å². The van der Waals surface area contributed by atoms with Gasteiger partial charge in [-0.3, -0.25) is 4.79 Å². The highest BCUT2D eigenvalue weighted by molar-refractivity contribution is 6.60. The summed E-state index contributed by atoms with van der Waals surface area (Å²) in [5.74, 6) is -0.149. The van der Waals surface area contributed by atoms with E-state index in [9.17, 15) is 4.79 Å². The molecular formula is C9H10BNO3. The van der Waals surface area contributed by atoms with Gasteiger partial charge in [0.15, 0.2) is 0 Å². The van der Waals surface area contributed by atoms with Crippen molar-refractivity contribution in [1.29, 1.82) is 0 Å². The van der Waals surface area contributed by atoms with Gasteiger partial charge in [0.1, 0.15) is 0 Å². The molecular weight excluding hydrogens is 181 g/mol. The summed E-state index contributed by atoms with van der Waals surface area (Å²) in [5, 5.41) is 18.2. The van der Waals surface area contributed by atoms with Crippen LogP contribution in [0.15, 0.2) is 18.2 Å². The van der Waals surface area contributed by atoms with Crippen molar-refractivity contribution in [3.8, 4) is 0 Å². The second-order valence-electron chi connectivity index (χ2n) is 3.42. The first kappa shape index (κ1) is 9.24. The van der Waals surface area contributed by atoms with Gasteiger partial charge in [0.25, 0.3) is 5.91 Å². The molecule has 1 amide bonds. The van der Waals surface area contributed by atoms with Crippen molar-refractivity contribution in [3.05, 3.63) is 29.3 Å². The van der Waals surface area contributed by atoms with Crippen LogP contribution in [0.3, 0.4) is 0 Å². The molecule has 2 rings (SSSR count). The maximum atomic E-state index is 11.6. The van der Waals surface area contributed by atoms with Crippen LogP contribution in [-0.2, 0) is 6.54 Å². The van der Waals surface area contributed by atoms with Crippen molar-refractivity contribution in [1.82, 2.24) is 4.90 Å². The molecule has 0 saturated carbocycles. The summed E-state index contributed by atoms with van der Waals surface area (Å²) in [4.78, 5) is 13.2. The molecule has 1 aliphatic rings. The number of hydrogen-bond acceptors (Lipinski definition) is 3. The molecule has 0 aliphatic carbocycles. The molecule has 2 N–H and O–H groups in total. The van der Waals surface area contributed by atoms with Gasteiger partial charge in [-0.25, -0.2) is 0 Å². The van der Waals surface area contributed by atoms with Crippen LogP contribution in [0.4, 0.5) is 0 Å². The maximum absolute atomic E-state index is 11.6. The van der Waals surface area contributed by atoms with Crippen LogP contribution in [0.5, 0.6) is 0 Å². The number of nitrogens with zero attached hydrogens (tertiary/aromatic N) is 1. The van der Waals surface area contributed by atoms with Gasteiger partial charge < -0.3 is 14.9 Å². The number of carbonyl (C=O) groups is 1. The lowest BCUT2D eigenvalue weighted by atomic mass is 9.76. The summed E-state index contributed by atoms with van der Waals surface area (Å²) in [6.45, 7) is 0.536. The minimum absolute atomic E-state index is 0.149. The third-order valence-corrected chi connectivity index (χ3v) is 2.43. The molecule has 1 aromatic carbocycles. The Labute approximate surface area is 81.9 Å². The summed E-state index contributed by atoms with van der Waals surface area (Å²) in [5.41, 5.74) is 1.57. The Kier molecular flexibility index (Phi) is 2.05. The van der Waals surface area contributed by atoms with Crippen molar-refractivity contribution in [2.75, 3.05) is 7.05 Å². The minimum atomic E-state index is -1.58. The van der Waals surface area contributed by atoms with Gasteiger partial charge in [-0.05, 0) is 11.0 Å². The molecule has 14 heavy (non-hydrogen) atoms. The van der Waals surface area contributed by atoms with Crippen molar-refractivity contribution < 1.29 is 14.8 Å². The molecule has 1 heterocycles. The highest BCUT2D eigenvalue weighted by atomic mass is 16.4. The van der Waals surface area contributed by atoms with E-state index in [0.29, 0.717) is 12.1 Å². The molecule has 0 bridgehead atoms. The Morgan fingerprint density at radius 2 is 2.14 bits per heavy atom. The van der Waals surface area contributed by atoms with Crippen LogP contribution in [0.25, 0.3) is 0 Å². The minimum Gasteiger partial charge on any atom is -0.423 e. The fourth-order valence-corrected chi connectivity index (χ4v) is 1.75. The smallest absolute Gasteiger partial charge is 0.423 e. The molecule has 0 radical (unpaired) electrons. The van der Waals surface area contributed by atoms with Gasteiger partial charge in [0, 0.05) is 19.2 Å². The molecule has 1 aromatic rings. The summed E-state index contributed by atoms with van der Waals surface area (Å²) < 4.78 is 0. The average molecular weight is 191 g/mol.